The summed E-state index contributed by atoms with van der Waals surface area (Å²) in [6, 6.07) is 8.66. The average Bonchev–Trinajstić information content (AvgIpc) is 3.46. The maximum absolute atomic E-state index is 11.7. The zero-order valence-electron chi connectivity index (χ0n) is 12.8. The lowest BCUT2D eigenvalue weighted by atomic mass is 9.84. The minimum Gasteiger partial charge on any atom is -0.367 e. The third kappa shape index (κ3) is 1.82. The molecule has 2 heterocycles. The normalized spacial score (nSPS) is 34.9. The molecule has 2 atom stereocenters. The van der Waals surface area contributed by atoms with Crippen LogP contribution in [0.4, 0.5) is 0 Å². The molecule has 0 bridgehead atoms. The van der Waals surface area contributed by atoms with Gasteiger partial charge in [0.25, 0.3) is 0 Å². The number of nitrogens with zero attached hydrogens (tertiary/aromatic N) is 1. The lowest BCUT2D eigenvalue weighted by Gasteiger charge is -2.33. The van der Waals surface area contributed by atoms with Gasteiger partial charge >= 0.3 is 0 Å². The molecular formula is C19H18BrNO2. The zero-order chi connectivity index (χ0) is 15.7. The Hall–Kier alpha value is -1.39. The molecule has 0 amide bonds. The summed E-state index contributed by atoms with van der Waals surface area (Å²) in [6.07, 6.45) is 8.65. The number of benzene rings is 1. The summed E-state index contributed by atoms with van der Waals surface area (Å²) >= 11 is 3.62. The molecule has 3 nitrogen and oxygen atoms in total. The predicted octanol–water partition coefficient (Wildman–Crippen LogP) is 3.34. The van der Waals surface area contributed by atoms with Crippen molar-refractivity contribution in [3.8, 4) is 0 Å². The van der Waals surface area contributed by atoms with Gasteiger partial charge in [0.05, 0.1) is 0 Å². The lowest BCUT2D eigenvalue weighted by molar-refractivity contribution is -0.111. The minimum atomic E-state index is -0.745. The Balaban J connectivity index is 1.50. The molecule has 1 saturated heterocycles. The monoisotopic (exact) mass is 371 g/mol. The first kappa shape index (κ1) is 14.0. The van der Waals surface area contributed by atoms with Gasteiger partial charge in [-0.25, -0.2) is 0 Å². The van der Waals surface area contributed by atoms with Crippen LogP contribution in [0.1, 0.15) is 24.0 Å². The van der Waals surface area contributed by atoms with Crippen LogP contribution >= 0.6 is 15.9 Å². The van der Waals surface area contributed by atoms with Crippen molar-refractivity contribution in [1.29, 1.82) is 0 Å². The second-order valence-electron chi connectivity index (χ2n) is 7.02. The molecule has 2 aliphatic heterocycles. The van der Waals surface area contributed by atoms with Crippen LogP contribution in [0.5, 0.6) is 0 Å². The van der Waals surface area contributed by atoms with Crippen molar-refractivity contribution in [1.82, 2.24) is 4.90 Å². The van der Waals surface area contributed by atoms with E-state index in [0.29, 0.717) is 5.92 Å². The molecule has 0 aromatic heterocycles. The van der Waals surface area contributed by atoms with Crippen LogP contribution in [0.25, 0.3) is 0 Å². The van der Waals surface area contributed by atoms with E-state index >= 15 is 0 Å². The first-order chi connectivity index (χ1) is 11.2. The number of fused-ring (bicyclic) bond motifs is 2. The van der Waals surface area contributed by atoms with Crippen molar-refractivity contribution >= 4 is 22.2 Å². The van der Waals surface area contributed by atoms with Gasteiger partial charge in [-0.1, -0.05) is 40.2 Å². The van der Waals surface area contributed by atoms with Crippen LogP contribution in [-0.2, 0) is 22.5 Å². The van der Waals surface area contributed by atoms with E-state index in [4.69, 9.17) is 4.74 Å². The van der Waals surface area contributed by atoms with Crippen LogP contribution in [-0.4, -0.2) is 28.9 Å². The molecule has 23 heavy (non-hydrogen) atoms. The largest absolute Gasteiger partial charge is 0.367 e. The van der Waals surface area contributed by atoms with E-state index in [-0.39, 0.29) is 0 Å². The van der Waals surface area contributed by atoms with Crippen molar-refractivity contribution in [2.24, 2.45) is 5.92 Å². The Kier molecular flexibility index (Phi) is 2.79. The Morgan fingerprint density at radius 2 is 2.04 bits per heavy atom. The van der Waals surface area contributed by atoms with E-state index in [0.717, 1.165) is 43.1 Å². The first-order valence-corrected chi connectivity index (χ1v) is 9.06. The average molecular weight is 372 g/mol. The SMILES string of the molecule is O=CC12OC1(C1CC1)C=C(N1CCc3ccccc3C1)C=C2Br. The molecule has 2 aliphatic carbocycles. The summed E-state index contributed by atoms with van der Waals surface area (Å²) in [6.45, 7) is 1.93. The van der Waals surface area contributed by atoms with Gasteiger partial charge in [-0.3, -0.25) is 4.79 Å². The van der Waals surface area contributed by atoms with Crippen LogP contribution in [0.15, 0.2) is 46.6 Å². The number of epoxide rings is 1. The van der Waals surface area contributed by atoms with Gasteiger partial charge in [0.15, 0.2) is 11.9 Å². The summed E-state index contributed by atoms with van der Waals surface area (Å²) in [5.41, 5.74) is 2.90. The van der Waals surface area contributed by atoms with Crippen molar-refractivity contribution < 1.29 is 9.53 Å². The standard InChI is InChI=1S/C19H18BrNO2/c20-17-9-16(10-18(15-5-6-15)19(17,12-22)23-18)21-8-7-13-3-1-2-4-14(13)11-21/h1-4,9-10,12,15H,5-8,11H2. The number of carbonyl (C=O) groups excluding carboxylic acids is 1. The fourth-order valence-corrected chi connectivity index (χ4v) is 4.92. The molecular weight excluding hydrogens is 354 g/mol. The van der Waals surface area contributed by atoms with Gasteiger partial charge in [-0.05, 0) is 48.5 Å². The molecule has 5 rings (SSSR count). The Morgan fingerprint density at radius 1 is 1.26 bits per heavy atom. The van der Waals surface area contributed by atoms with Gasteiger partial charge in [-0.2, -0.15) is 0 Å². The van der Waals surface area contributed by atoms with Gasteiger partial charge in [-0.15, -0.1) is 0 Å². The molecule has 0 radical (unpaired) electrons. The summed E-state index contributed by atoms with van der Waals surface area (Å²) in [7, 11) is 0. The number of ether oxygens (including phenoxy) is 1. The quantitative estimate of drug-likeness (QED) is 0.603. The maximum Gasteiger partial charge on any atom is 0.188 e. The van der Waals surface area contributed by atoms with Crippen LogP contribution in [0.2, 0.25) is 0 Å². The molecule has 1 aromatic rings. The van der Waals surface area contributed by atoms with Gasteiger partial charge < -0.3 is 9.64 Å². The highest BCUT2D eigenvalue weighted by Crippen LogP contribution is 2.66. The molecule has 0 spiro atoms. The molecule has 4 aliphatic rings. The van der Waals surface area contributed by atoms with Gasteiger partial charge in [0.1, 0.15) is 5.60 Å². The van der Waals surface area contributed by atoms with Gasteiger partial charge in [0.2, 0.25) is 0 Å². The van der Waals surface area contributed by atoms with E-state index in [1.165, 1.54) is 16.8 Å². The molecule has 2 fully saturated rings. The predicted molar refractivity (Wildman–Crippen MR) is 91.0 cm³/mol. The van der Waals surface area contributed by atoms with Gasteiger partial charge in [0, 0.05) is 23.3 Å². The van der Waals surface area contributed by atoms with Crippen LogP contribution < -0.4 is 0 Å². The molecule has 4 heteroatoms. The number of rotatable bonds is 3. The highest BCUT2D eigenvalue weighted by atomic mass is 79.9. The first-order valence-electron chi connectivity index (χ1n) is 8.27. The summed E-state index contributed by atoms with van der Waals surface area (Å²) in [5.74, 6) is 0.487. The Morgan fingerprint density at radius 3 is 2.78 bits per heavy atom. The van der Waals surface area contributed by atoms with E-state index in [2.05, 4.69) is 57.2 Å². The second-order valence-corrected chi connectivity index (χ2v) is 7.88. The molecule has 2 unspecified atom stereocenters. The van der Waals surface area contributed by atoms with E-state index in [1.54, 1.807) is 0 Å². The van der Waals surface area contributed by atoms with Crippen LogP contribution in [0.3, 0.4) is 0 Å². The van der Waals surface area contributed by atoms with Crippen molar-refractivity contribution in [2.45, 2.75) is 37.0 Å². The number of halogens is 1. The fourth-order valence-electron chi connectivity index (χ4n) is 4.20. The van der Waals surface area contributed by atoms with Crippen LogP contribution in [0, 0.1) is 5.92 Å². The highest BCUT2D eigenvalue weighted by Gasteiger charge is 2.77. The molecule has 1 aromatic carbocycles. The third-order valence-electron chi connectivity index (χ3n) is 5.71. The molecule has 0 N–H and O–H groups in total. The third-order valence-corrected chi connectivity index (χ3v) is 6.52. The molecule has 1 saturated carbocycles. The van der Waals surface area contributed by atoms with Crippen molar-refractivity contribution in [2.75, 3.05) is 6.54 Å². The number of aldehydes is 1. The topological polar surface area (TPSA) is 32.8 Å². The zero-order valence-corrected chi connectivity index (χ0v) is 14.4. The lowest BCUT2D eigenvalue weighted by Crippen LogP contribution is -2.36. The van der Waals surface area contributed by atoms with Crippen molar-refractivity contribution in [3.05, 3.63) is 57.7 Å². The number of hydrogen-bond donors (Lipinski definition) is 0. The Bertz CT molecular complexity index is 766. The van der Waals surface area contributed by atoms with E-state index in [9.17, 15) is 4.79 Å². The fraction of sp³-hybridized carbons (Fsp3) is 0.421. The summed E-state index contributed by atoms with van der Waals surface area (Å²) < 4.78 is 6.92. The van der Waals surface area contributed by atoms with E-state index < -0.39 is 11.2 Å². The summed E-state index contributed by atoms with van der Waals surface area (Å²) in [4.78, 5) is 14.1. The highest BCUT2D eigenvalue weighted by molar-refractivity contribution is 9.11. The Labute approximate surface area is 144 Å². The second kappa shape index (κ2) is 4.58. The number of hydrogen-bond acceptors (Lipinski definition) is 3. The maximum atomic E-state index is 11.7. The van der Waals surface area contributed by atoms with Crippen molar-refractivity contribution in [3.63, 3.8) is 0 Å². The molecule has 118 valence electrons. The minimum absolute atomic E-state index is 0.394. The van der Waals surface area contributed by atoms with E-state index in [1.807, 2.05) is 0 Å². The number of allylic oxidation sites excluding steroid dienone is 1. The smallest absolute Gasteiger partial charge is 0.188 e. The number of carbonyl (C=O) groups is 1. The summed E-state index contributed by atoms with van der Waals surface area (Å²) in [5, 5.41) is 0.